The fraction of sp³-hybridized carbons (Fsp3) is 0.391. The number of benzene rings is 1. The van der Waals surface area contributed by atoms with Gasteiger partial charge < -0.3 is 21.3 Å². The normalized spacial score (nSPS) is 14.9. The molecule has 3 aromatic rings. The molecule has 1 aromatic carbocycles. The van der Waals surface area contributed by atoms with Crippen LogP contribution in [0.1, 0.15) is 33.8 Å². The molecule has 0 saturated carbocycles. The maximum absolute atomic E-state index is 12.6. The second-order valence-electron chi connectivity index (χ2n) is 7.87. The average molecular weight is 424 g/mol. The van der Waals surface area contributed by atoms with Crippen LogP contribution in [0.5, 0.6) is 0 Å². The van der Waals surface area contributed by atoms with Crippen molar-refractivity contribution in [1.29, 1.82) is 0 Å². The summed E-state index contributed by atoms with van der Waals surface area (Å²) in [6.45, 7) is 4.69. The van der Waals surface area contributed by atoms with Crippen molar-refractivity contribution in [2.45, 2.75) is 32.2 Å². The minimum Gasteiger partial charge on any atom is -0.397 e. The number of aromatic nitrogens is 1. The van der Waals surface area contributed by atoms with Gasteiger partial charge in [-0.3, -0.25) is 4.79 Å². The van der Waals surface area contributed by atoms with Crippen molar-refractivity contribution >= 4 is 38.8 Å². The Morgan fingerprint density at radius 1 is 1.20 bits per heavy atom. The molecule has 1 amide bonds. The summed E-state index contributed by atoms with van der Waals surface area (Å²) in [6, 6.07) is 13.2. The summed E-state index contributed by atoms with van der Waals surface area (Å²) in [5.41, 5.74) is 10.1. The Kier molecular flexibility index (Phi) is 6.20. The molecule has 0 atom stereocenters. The third-order valence-corrected chi connectivity index (χ3v) is 6.96. The number of carbonyl (C=O) groups is 1. The predicted octanol–water partition coefficient (Wildman–Crippen LogP) is 3.35. The van der Waals surface area contributed by atoms with Crippen LogP contribution in [0.4, 0.5) is 11.4 Å². The predicted molar refractivity (Wildman–Crippen MR) is 126 cm³/mol. The van der Waals surface area contributed by atoms with E-state index >= 15 is 0 Å². The van der Waals surface area contributed by atoms with E-state index in [0.717, 1.165) is 35.4 Å². The minimum atomic E-state index is -0.128. The molecule has 0 bridgehead atoms. The van der Waals surface area contributed by atoms with Gasteiger partial charge in [-0.2, -0.15) is 0 Å². The lowest BCUT2D eigenvalue weighted by molar-refractivity contribution is 0.0959. The number of hydrogen-bond acceptors (Lipinski definition) is 6. The third-order valence-electron chi connectivity index (χ3n) is 5.84. The first-order valence-electron chi connectivity index (χ1n) is 10.5. The van der Waals surface area contributed by atoms with Gasteiger partial charge in [0, 0.05) is 42.4 Å². The molecule has 2 aromatic heterocycles. The Hall–Kier alpha value is -2.64. The SMILES string of the molecule is CNC1CCN(c2ccc(CCNC(=O)c3sc4nc(C)ccc4c3N)cc2)CC1. The van der Waals surface area contributed by atoms with Crippen molar-refractivity contribution in [3.05, 3.63) is 52.5 Å². The van der Waals surface area contributed by atoms with Crippen molar-refractivity contribution in [3.63, 3.8) is 0 Å². The largest absolute Gasteiger partial charge is 0.397 e. The van der Waals surface area contributed by atoms with E-state index in [1.807, 2.05) is 26.1 Å². The number of pyridine rings is 1. The number of fused-ring (bicyclic) bond motifs is 1. The van der Waals surface area contributed by atoms with Gasteiger partial charge in [0.1, 0.15) is 9.71 Å². The molecule has 6 nitrogen and oxygen atoms in total. The maximum Gasteiger partial charge on any atom is 0.263 e. The Balaban J connectivity index is 1.31. The van der Waals surface area contributed by atoms with Crippen molar-refractivity contribution in [1.82, 2.24) is 15.6 Å². The van der Waals surface area contributed by atoms with E-state index in [4.69, 9.17) is 5.73 Å². The number of nitrogens with zero attached hydrogens (tertiary/aromatic N) is 2. The maximum atomic E-state index is 12.6. The van der Waals surface area contributed by atoms with Gasteiger partial charge in [0.25, 0.3) is 5.91 Å². The molecule has 1 fully saturated rings. The van der Waals surface area contributed by atoms with Gasteiger partial charge in [-0.15, -0.1) is 11.3 Å². The average Bonchev–Trinajstić information content (AvgIpc) is 3.10. The van der Waals surface area contributed by atoms with Gasteiger partial charge in [0.05, 0.1) is 5.69 Å². The zero-order valence-corrected chi connectivity index (χ0v) is 18.4. The summed E-state index contributed by atoms with van der Waals surface area (Å²) in [5, 5.41) is 7.22. The molecule has 0 spiro atoms. The summed E-state index contributed by atoms with van der Waals surface area (Å²) in [5.74, 6) is -0.128. The minimum absolute atomic E-state index is 0.128. The first kappa shape index (κ1) is 20.6. The Labute approximate surface area is 181 Å². The van der Waals surface area contributed by atoms with E-state index < -0.39 is 0 Å². The molecular formula is C23H29N5OS. The standard InChI is InChI=1S/C23H29N5OS/c1-15-3-8-19-20(24)21(30-23(19)27-15)22(29)26-12-9-16-4-6-18(7-5-16)28-13-10-17(25-2)11-14-28/h3-8,17,25H,9-14,24H2,1-2H3,(H,26,29). The molecule has 30 heavy (non-hydrogen) atoms. The summed E-state index contributed by atoms with van der Waals surface area (Å²) >= 11 is 1.35. The fourth-order valence-corrected chi connectivity index (χ4v) is 5.01. The highest BCUT2D eigenvalue weighted by molar-refractivity contribution is 7.21. The number of piperidine rings is 1. The second kappa shape index (κ2) is 9.02. The highest BCUT2D eigenvalue weighted by Gasteiger charge is 2.18. The van der Waals surface area contributed by atoms with Crippen LogP contribution in [0.3, 0.4) is 0 Å². The van der Waals surface area contributed by atoms with Crippen molar-refractivity contribution in [2.24, 2.45) is 0 Å². The number of nitrogens with one attached hydrogen (secondary N) is 2. The molecule has 0 aliphatic carbocycles. The first-order valence-corrected chi connectivity index (χ1v) is 11.3. The fourth-order valence-electron chi connectivity index (χ4n) is 3.96. The van der Waals surface area contributed by atoms with E-state index in [1.54, 1.807) is 0 Å². The smallest absolute Gasteiger partial charge is 0.263 e. The van der Waals surface area contributed by atoms with E-state index in [-0.39, 0.29) is 5.91 Å². The van der Waals surface area contributed by atoms with Crippen LogP contribution in [0.25, 0.3) is 10.2 Å². The highest BCUT2D eigenvalue weighted by Crippen LogP contribution is 2.32. The molecule has 1 aliphatic heterocycles. The van der Waals surface area contributed by atoms with Crippen LogP contribution in [-0.4, -0.2) is 43.6 Å². The summed E-state index contributed by atoms with van der Waals surface area (Å²) < 4.78 is 0. The molecule has 1 saturated heterocycles. The molecule has 0 radical (unpaired) electrons. The molecule has 4 rings (SSSR count). The Morgan fingerprint density at radius 2 is 1.93 bits per heavy atom. The van der Waals surface area contributed by atoms with E-state index in [9.17, 15) is 4.79 Å². The number of carbonyl (C=O) groups excluding carboxylic acids is 1. The van der Waals surface area contributed by atoms with Gasteiger partial charge in [-0.05, 0) is 63.1 Å². The van der Waals surface area contributed by atoms with E-state index in [1.165, 1.54) is 35.4 Å². The number of thiophene rings is 1. The number of anilines is 2. The number of nitrogen functional groups attached to an aromatic ring is 1. The van der Waals surface area contributed by atoms with Crippen LogP contribution in [0.2, 0.25) is 0 Å². The molecule has 3 heterocycles. The van der Waals surface area contributed by atoms with E-state index in [0.29, 0.717) is 23.2 Å². The van der Waals surface area contributed by atoms with Gasteiger partial charge in [-0.25, -0.2) is 4.98 Å². The van der Waals surface area contributed by atoms with Crippen LogP contribution in [0.15, 0.2) is 36.4 Å². The van der Waals surface area contributed by atoms with E-state index in [2.05, 4.69) is 44.8 Å². The monoisotopic (exact) mass is 423 g/mol. The first-order chi connectivity index (χ1) is 14.5. The van der Waals surface area contributed by atoms with Crippen LogP contribution in [0, 0.1) is 6.92 Å². The van der Waals surface area contributed by atoms with Crippen LogP contribution in [-0.2, 0) is 6.42 Å². The van der Waals surface area contributed by atoms with Gasteiger partial charge in [0.2, 0.25) is 0 Å². The van der Waals surface area contributed by atoms with Gasteiger partial charge in [0.15, 0.2) is 0 Å². The molecular weight excluding hydrogens is 394 g/mol. The van der Waals surface area contributed by atoms with Crippen LogP contribution < -0.4 is 21.3 Å². The Bertz CT molecular complexity index is 1020. The van der Waals surface area contributed by atoms with Crippen LogP contribution >= 0.6 is 11.3 Å². The lowest BCUT2D eigenvalue weighted by atomic mass is 10.0. The second-order valence-corrected chi connectivity index (χ2v) is 8.87. The number of nitrogens with two attached hydrogens (primary N) is 1. The summed E-state index contributed by atoms with van der Waals surface area (Å²) in [7, 11) is 2.04. The molecule has 4 N–H and O–H groups in total. The van der Waals surface area contributed by atoms with Crippen molar-refractivity contribution in [3.8, 4) is 0 Å². The number of rotatable bonds is 6. The quantitative estimate of drug-likeness (QED) is 0.566. The number of aryl methyl sites for hydroxylation is 1. The zero-order chi connectivity index (χ0) is 21.1. The highest BCUT2D eigenvalue weighted by atomic mass is 32.1. The third kappa shape index (κ3) is 4.42. The van der Waals surface area contributed by atoms with Gasteiger partial charge >= 0.3 is 0 Å². The summed E-state index contributed by atoms with van der Waals surface area (Å²) in [4.78, 5) is 20.9. The topological polar surface area (TPSA) is 83.3 Å². The number of amides is 1. The lowest BCUT2D eigenvalue weighted by Gasteiger charge is -2.33. The molecule has 158 valence electrons. The van der Waals surface area contributed by atoms with Crippen molar-refractivity contribution < 1.29 is 4.79 Å². The number of hydrogen-bond donors (Lipinski definition) is 3. The Morgan fingerprint density at radius 3 is 2.63 bits per heavy atom. The zero-order valence-electron chi connectivity index (χ0n) is 17.6. The lowest BCUT2D eigenvalue weighted by Crippen LogP contribution is -2.41. The molecule has 0 unspecified atom stereocenters. The van der Waals surface area contributed by atoms with Gasteiger partial charge in [-0.1, -0.05) is 12.1 Å². The summed E-state index contributed by atoms with van der Waals surface area (Å²) in [6.07, 6.45) is 3.15. The molecule has 1 aliphatic rings. The van der Waals surface area contributed by atoms with Crippen molar-refractivity contribution in [2.75, 3.05) is 37.3 Å². The molecule has 7 heteroatoms.